The molecular weight excluding hydrogens is 437 g/mol. The fraction of sp³-hybridized carbons (Fsp3) is 0.682. The number of carboxylic acids is 1. The molecule has 1 aromatic carbocycles. The van der Waals surface area contributed by atoms with E-state index >= 15 is 0 Å². The fourth-order valence-corrected chi connectivity index (χ4v) is 5.68. The van der Waals surface area contributed by atoms with Crippen LogP contribution >= 0.6 is 0 Å². The second kappa shape index (κ2) is 15.3. The molecule has 0 radical (unpaired) electrons. The number of aryl methyl sites for hydroxylation is 1. The molecule has 0 amide bonds. The molecule has 0 aliphatic carbocycles. The summed E-state index contributed by atoms with van der Waals surface area (Å²) in [5.41, 5.74) is 7.65. The van der Waals surface area contributed by atoms with E-state index in [1.165, 1.54) is 73.1 Å². The molecule has 0 aliphatic rings. The number of anilines is 1. The normalized spacial score (nSPS) is 11.1. The number of benzene rings is 1. The summed E-state index contributed by atoms with van der Waals surface area (Å²) in [6.45, 7) is 2.27. The Morgan fingerprint density at radius 1 is 0.923 bits per heavy atom. The molecule has 1 rings (SSSR count). The molecule has 0 aliphatic heterocycles. The van der Waals surface area contributed by atoms with E-state index in [9.17, 15) is 4.79 Å². The molecule has 0 heterocycles. The molecule has 4 heteroatoms. The van der Waals surface area contributed by atoms with Gasteiger partial charge in [-0.3, -0.25) is 0 Å². The topological polar surface area (TPSA) is 63.3 Å². The van der Waals surface area contributed by atoms with Gasteiger partial charge in [0.1, 0.15) is 0 Å². The van der Waals surface area contributed by atoms with Crippen molar-refractivity contribution in [2.24, 2.45) is 0 Å². The number of nitrogen functional groups attached to an aromatic ring is 1. The first kappa shape index (κ1) is 23.3. The summed E-state index contributed by atoms with van der Waals surface area (Å²) in [6, 6.07) is 5.34. The average molecular weight is 474 g/mol. The number of halogens is 1. The van der Waals surface area contributed by atoms with E-state index in [1.54, 1.807) is 12.1 Å². The van der Waals surface area contributed by atoms with Gasteiger partial charge in [-0.25, -0.2) is 0 Å². The van der Waals surface area contributed by atoms with Crippen molar-refractivity contribution < 1.29 is 31.1 Å². The van der Waals surface area contributed by atoms with Crippen molar-refractivity contribution in [1.82, 2.24) is 0 Å². The van der Waals surface area contributed by atoms with E-state index in [1.807, 2.05) is 6.07 Å². The van der Waals surface area contributed by atoms with E-state index in [0.29, 0.717) is 26.9 Å². The standard InChI is InChI=1S/C22H37INO2/c1-2-3-4-5-6-7-8-9-10-11-17-23-18-13-15-19-14-12-16-20(21(19)24)22(25)26/h12,14,16H,2-11,13,15,17-18,24H2,1H3,(H,25,26)/q-1. The van der Waals surface area contributed by atoms with Crippen LogP contribution in [0.1, 0.15) is 93.5 Å². The molecule has 150 valence electrons. The van der Waals surface area contributed by atoms with Crippen LogP contribution in [0.15, 0.2) is 18.2 Å². The molecule has 0 aromatic heterocycles. The SMILES string of the molecule is CCCCCCCCCCCC[I-]CCCc1cccc(C(=O)O)c1N. The Hall–Kier alpha value is -0.780. The molecule has 0 unspecified atom stereocenters. The number of para-hydroxylation sites is 1. The molecule has 3 N–H and O–H groups in total. The molecule has 0 saturated heterocycles. The summed E-state index contributed by atoms with van der Waals surface area (Å²) in [5.74, 6) is -0.933. The van der Waals surface area contributed by atoms with Crippen LogP contribution in [0.5, 0.6) is 0 Å². The summed E-state index contributed by atoms with van der Waals surface area (Å²) >= 11 is 0.302. The summed E-state index contributed by atoms with van der Waals surface area (Å²) in [5, 5.41) is 9.11. The van der Waals surface area contributed by atoms with Gasteiger partial charge in [-0.2, -0.15) is 0 Å². The van der Waals surface area contributed by atoms with Crippen molar-refractivity contribution in [1.29, 1.82) is 0 Å². The first-order valence-corrected chi connectivity index (χ1v) is 13.4. The number of nitrogens with two attached hydrogens (primary N) is 1. The molecule has 0 atom stereocenters. The van der Waals surface area contributed by atoms with Gasteiger partial charge in [-0.1, -0.05) is 0 Å². The van der Waals surface area contributed by atoms with Crippen LogP contribution in [0, 0.1) is 0 Å². The first-order chi connectivity index (χ1) is 12.7. The number of hydrogen-bond acceptors (Lipinski definition) is 2. The van der Waals surface area contributed by atoms with E-state index < -0.39 is 5.97 Å². The molecule has 0 spiro atoms. The quantitative estimate of drug-likeness (QED) is 0.168. The van der Waals surface area contributed by atoms with Gasteiger partial charge in [0.2, 0.25) is 0 Å². The zero-order chi connectivity index (χ0) is 19.0. The monoisotopic (exact) mass is 474 g/mol. The summed E-state index contributed by atoms with van der Waals surface area (Å²) in [6.07, 6.45) is 16.1. The zero-order valence-electron chi connectivity index (χ0n) is 16.4. The Bertz CT molecular complexity index is 505. The zero-order valence-corrected chi connectivity index (χ0v) is 18.6. The van der Waals surface area contributed by atoms with Crippen molar-refractivity contribution in [2.75, 3.05) is 14.6 Å². The third kappa shape index (κ3) is 10.4. The Balaban J connectivity index is 1.96. The summed E-state index contributed by atoms with van der Waals surface area (Å²) < 4.78 is 2.74. The Morgan fingerprint density at radius 3 is 2.12 bits per heavy atom. The van der Waals surface area contributed by atoms with Gasteiger partial charge in [0.05, 0.1) is 0 Å². The molecule has 0 saturated carbocycles. The van der Waals surface area contributed by atoms with Crippen molar-refractivity contribution in [3.63, 3.8) is 0 Å². The predicted octanol–water partition coefficient (Wildman–Crippen LogP) is 2.91. The van der Waals surface area contributed by atoms with E-state index in [2.05, 4.69) is 6.92 Å². The van der Waals surface area contributed by atoms with Gasteiger partial charge < -0.3 is 0 Å². The number of carboxylic acid groups (broad SMARTS) is 1. The first-order valence-electron chi connectivity index (χ1n) is 10.3. The van der Waals surface area contributed by atoms with Crippen LogP contribution in [0.2, 0.25) is 0 Å². The van der Waals surface area contributed by atoms with Crippen LogP contribution in [-0.2, 0) is 6.42 Å². The van der Waals surface area contributed by atoms with Crippen LogP contribution < -0.4 is 26.9 Å². The number of unbranched alkanes of at least 4 members (excludes halogenated alkanes) is 9. The summed E-state index contributed by atoms with van der Waals surface area (Å²) in [7, 11) is 0. The van der Waals surface area contributed by atoms with Crippen molar-refractivity contribution in [3.05, 3.63) is 29.3 Å². The van der Waals surface area contributed by atoms with E-state index in [-0.39, 0.29) is 5.56 Å². The third-order valence-corrected chi connectivity index (χ3v) is 7.81. The van der Waals surface area contributed by atoms with Crippen LogP contribution in [0.4, 0.5) is 5.69 Å². The number of rotatable bonds is 16. The number of carbonyl (C=O) groups is 1. The third-order valence-electron chi connectivity index (χ3n) is 4.76. The molecule has 0 bridgehead atoms. The van der Waals surface area contributed by atoms with Crippen molar-refractivity contribution in [3.8, 4) is 0 Å². The van der Waals surface area contributed by atoms with Crippen molar-refractivity contribution >= 4 is 11.7 Å². The van der Waals surface area contributed by atoms with Gasteiger partial charge >= 0.3 is 171 Å². The van der Waals surface area contributed by atoms with Crippen LogP contribution in [-0.4, -0.2) is 19.9 Å². The minimum atomic E-state index is -0.933. The fourth-order valence-electron chi connectivity index (χ4n) is 3.14. The summed E-state index contributed by atoms with van der Waals surface area (Å²) in [4.78, 5) is 11.1. The minimum absolute atomic E-state index is 0.238. The van der Waals surface area contributed by atoms with Gasteiger partial charge in [0.15, 0.2) is 0 Å². The van der Waals surface area contributed by atoms with Crippen molar-refractivity contribution in [2.45, 2.75) is 84.0 Å². The molecule has 0 fully saturated rings. The second-order valence-electron chi connectivity index (χ2n) is 7.04. The van der Waals surface area contributed by atoms with Crippen LogP contribution in [0.25, 0.3) is 0 Å². The van der Waals surface area contributed by atoms with E-state index in [4.69, 9.17) is 10.8 Å². The van der Waals surface area contributed by atoms with E-state index in [0.717, 1.165) is 18.4 Å². The average Bonchev–Trinajstić information content (AvgIpc) is 2.63. The number of hydrogen-bond donors (Lipinski definition) is 2. The van der Waals surface area contributed by atoms with Gasteiger partial charge in [0.25, 0.3) is 0 Å². The maximum atomic E-state index is 11.1. The van der Waals surface area contributed by atoms with Gasteiger partial charge in [0, 0.05) is 0 Å². The second-order valence-corrected chi connectivity index (χ2v) is 10.3. The Kier molecular flexibility index (Phi) is 13.7. The number of aromatic carboxylic acids is 1. The maximum absolute atomic E-state index is 11.1. The molecule has 3 nitrogen and oxygen atoms in total. The number of alkyl halides is 2. The Labute approximate surface area is 170 Å². The molecule has 26 heavy (non-hydrogen) atoms. The predicted molar refractivity (Wildman–Crippen MR) is 108 cm³/mol. The van der Waals surface area contributed by atoms with Crippen LogP contribution in [0.3, 0.4) is 0 Å². The Morgan fingerprint density at radius 2 is 1.50 bits per heavy atom. The van der Waals surface area contributed by atoms with Gasteiger partial charge in [-0.15, -0.1) is 0 Å². The van der Waals surface area contributed by atoms with Gasteiger partial charge in [-0.05, 0) is 0 Å². The molecule has 1 aromatic rings. The molecular formula is C22H37INO2-.